The van der Waals surface area contributed by atoms with Crippen LogP contribution >= 0.6 is 24.8 Å². The Morgan fingerprint density at radius 2 is 2.12 bits per heavy atom. The minimum atomic E-state index is -0.0253. The molecule has 1 unspecified atom stereocenters. The topological polar surface area (TPSA) is 62.2 Å². The maximum atomic E-state index is 13.1. The SMILES string of the molecule is Cl.Cl.Cn1ccnc1C1CNCCN1C(=O)c1ccc2c(c1)CCN2. The molecule has 25 heavy (non-hydrogen) atoms. The standard InChI is InChI=1S/C17H21N5O.2ClH/c1-21-8-7-20-16(21)15-11-18-6-9-22(15)17(23)13-2-3-14-12(10-13)4-5-19-14;;/h2-3,7-8,10,15,18-19H,4-6,9,11H2,1H3;2*1H. The molecule has 0 spiro atoms. The summed E-state index contributed by atoms with van der Waals surface area (Å²) in [5.41, 5.74) is 3.16. The normalized spacial score (nSPS) is 18.6. The number of nitrogens with zero attached hydrogens (tertiary/aromatic N) is 3. The second-order valence-corrected chi connectivity index (χ2v) is 6.16. The summed E-state index contributed by atoms with van der Waals surface area (Å²) in [6, 6.07) is 5.96. The lowest BCUT2D eigenvalue weighted by Crippen LogP contribution is -2.49. The van der Waals surface area contributed by atoms with Gasteiger partial charge in [0.1, 0.15) is 11.9 Å². The van der Waals surface area contributed by atoms with E-state index >= 15 is 0 Å². The highest BCUT2D eigenvalue weighted by Gasteiger charge is 2.31. The van der Waals surface area contributed by atoms with Crippen molar-refractivity contribution >= 4 is 36.4 Å². The van der Waals surface area contributed by atoms with Gasteiger partial charge in [-0.3, -0.25) is 4.79 Å². The van der Waals surface area contributed by atoms with E-state index in [2.05, 4.69) is 15.6 Å². The summed E-state index contributed by atoms with van der Waals surface area (Å²) in [6.07, 6.45) is 4.70. The molecule has 1 saturated heterocycles. The van der Waals surface area contributed by atoms with Gasteiger partial charge in [0.25, 0.3) is 5.91 Å². The number of aryl methyl sites for hydroxylation is 1. The van der Waals surface area contributed by atoms with E-state index < -0.39 is 0 Å². The van der Waals surface area contributed by atoms with E-state index in [1.807, 2.05) is 40.9 Å². The van der Waals surface area contributed by atoms with E-state index in [-0.39, 0.29) is 36.8 Å². The summed E-state index contributed by atoms with van der Waals surface area (Å²) in [4.78, 5) is 19.4. The number of carbonyl (C=O) groups is 1. The zero-order valence-electron chi connectivity index (χ0n) is 14.1. The Kier molecular flexibility index (Phi) is 6.32. The molecule has 4 rings (SSSR count). The molecule has 2 aliphatic rings. The Balaban J connectivity index is 0.00000113. The van der Waals surface area contributed by atoms with Crippen molar-refractivity contribution in [1.29, 1.82) is 0 Å². The van der Waals surface area contributed by atoms with Gasteiger partial charge >= 0.3 is 0 Å². The average Bonchev–Trinajstić information content (AvgIpc) is 3.22. The van der Waals surface area contributed by atoms with Gasteiger partial charge in [-0.15, -0.1) is 24.8 Å². The number of piperazine rings is 1. The monoisotopic (exact) mass is 383 g/mol. The van der Waals surface area contributed by atoms with Crippen LogP contribution in [0, 0.1) is 0 Å². The van der Waals surface area contributed by atoms with Gasteiger partial charge in [-0.25, -0.2) is 4.98 Å². The molecule has 0 radical (unpaired) electrons. The molecule has 1 aromatic heterocycles. The van der Waals surface area contributed by atoms with Crippen LogP contribution in [0.25, 0.3) is 0 Å². The average molecular weight is 384 g/mol. The van der Waals surface area contributed by atoms with Crippen molar-refractivity contribution in [3.63, 3.8) is 0 Å². The molecule has 3 heterocycles. The van der Waals surface area contributed by atoms with E-state index in [1.54, 1.807) is 6.20 Å². The number of nitrogens with one attached hydrogen (secondary N) is 2. The predicted molar refractivity (Wildman–Crippen MR) is 103 cm³/mol. The fraction of sp³-hybridized carbons (Fsp3) is 0.412. The van der Waals surface area contributed by atoms with Gasteiger partial charge in [-0.1, -0.05) is 0 Å². The third-order valence-corrected chi connectivity index (χ3v) is 4.72. The van der Waals surface area contributed by atoms with Gasteiger partial charge in [0.2, 0.25) is 0 Å². The number of imidazole rings is 1. The molecular weight excluding hydrogens is 361 g/mol. The third-order valence-electron chi connectivity index (χ3n) is 4.72. The fourth-order valence-electron chi connectivity index (χ4n) is 3.48. The molecule has 1 atom stereocenters. The van der Waals surface area contributed by atoms with Gasteiger partial charge in [0, 0.05) is 56.9 Å². The van der Waals surface area contributed by atoms with Crippen LogP contribution in [0.1, 0.15) is 27.8 Å². The number of hydrogen-bond acceptors (Lipinski definition) is 4. The number of hydrogen-bond donors (Lipinski definition) is 2. The highest BCUT2D eigenvalue weighted by molar-refractivity contribution is 5.95. The lowest BCUT2D eigenvalue weighted by Gasteiger charge is -2.35. The number of benzene rings is 1. The van der Waals surface area contributed by atoms with Crippen LogP contribution in [-0.2, 0) is 13.5 Å². The van der Waals surface area contributed by atoms with E-state index in [0.717, 1.165) is 43.1 Å². The van der Waals surface area contributed by atoms with Crippen molar-refractivity contribution in [2.24, 2.45) is 7.05 Å². The zero-order valence-corrected chi connectivity index (χ0v) is 15.7. The first-order valence-corrected chi connectivity index (χ1v) is 8.10. The second kappa shape index (κ2) is 8.08. The van der Waals surface area contributed by atoms with Crippen molar-refractivity contribution in [2.45, 2.75) is 12.5 Å². The van der Waals surface area contributed by atoms with Crippen molar-refractivity contribution in [3.05, 3.63) is 47.5 Å². The van der Waals surface area contributed by atoms with E-state index in [1.165, 1.54) is 5.56 Å². The molecule has 0 bridgehead atoms. The van der Waals surface area contributed by atoms with E-state index in [0.29, 0.717) is 6.54 Å². The maximum Gasteiger partial charge on any atom is 0.254 e. The molecule has 2 N–H and O–H groups in total. The highest BCUT2D eigenvalue weighted by atomic mass is 35.5. The molecule has 0 saturated carbocycles. The first-order chi connectivity index (χ1) is 11.2. The molecule has 0 aliphatic carbocycles. The summed E-state index contributed by atoms with van der Waals surface area (Å²) < 4.78 is 1.99. The Morgan fingerprint density at radius 1 is 1.28 bits per heavy atom. The fourth-order valence-corrected chi connectivity index (χ4v) is 3.48. The van der Waals surface area contributed by atoms with Gasteiger partial charge in [-0.05, 0) is 30.2 Å². The number of rotatable bonds is 2. The summed E-state index contributed by atoms with van der Waals surface area (Å²) >= 11 is 0. The molecule has 6 nitrogen and oxygen atoms in total. The van der Waals surface area contributed by atoms with Crippen LogP contribution in [0.4, 0.5) is 5.69 Å². The predicted octanol–water partition coefficient (Wildman–Crippen LogP) is 2.02. The lowest BCUT2D eigenvalue weighted by atomic mass is 10.1. The lowest BCUT2D eigenvalue weighted by molar-refractivity contribution is 0.0621. The van der Waals surface area contributed by atoms with Gasteiger partial charge in [0.05, 0.1) is 0 Å². The smallest absolute Gasteiger partial charge is 0.254 e. The van der Waals surface area contributed by atoms with E-state index in [4.69, 9.17) is 0 Å². The number of carbonyl (C=O) groups excluding carboxylic acids is 1. The number of amides is 1. The van der Waals surface area contributed by atoms with Gasteiger partial charge in [0.15, 0.2) is 0 Å². The summed E-state index contributed by atoms with van der Waals surface area (Å²) in [5.74, 6) is 1.02. The molecule has 1 amide bonds. The van der Waals surface area contributed by atoms with Crippen LogP contribution in [0.3, 0.4) is 0 Å². The Bertz CT molecular complexity index is 748. The quantitative estimate of drug-likeness (QED) is 0.832. The maximum absolute atomic E-state index is 13.1. The number of fused-ring (bicyclic) bond motifs is 1. The first kappa shape index (κ1) is 19.6. The summed E-state index contributed by atoms with van der Waals surface area (Å²) in [5, 5.41) is 6.71. The number of anilines is 1. The molecule has 8 heteroatoms. The molecule has 1 fully saturated rings. The number of halogens is 2. The van der Waals surface area contributed by atoms with Crippen LogP contribution in [0.15, 0.2) is 30.6 Å². The molecule has 2 aromatic rings. The minimum Gasteiger partial charge on any atom is -0.384 e. The second-order valence-electron chi connectivity index (χ2n) is 6.16. The van der Waals surface area contributed by atoms with Crippen molar-refractivity contribution < 1.29 is 4.79 Å². The highest BCUT2D eigenvalue weighted by Crippen LogP contribution is 2.26. The first-order valence-electron chi connectivity index (χ1n) is 8.10. The Labute approximate surface area is 159 Å². The summed E-state index contributed by atoms with van der Waals surface area (Å²) in [7, 11) is 1.97. The molecular formula is C17H23Cl2N5O. The third kappa shape index (κ3) is 3.61. The zero-order chi connectivity index (χ0) is 15.8. The van der Waals surface area contributed by atoms with Crippen LogP contribution in [0.5, 0.6) is 0 Å². The van der Waals surface area contributed by atoms with Crippen molar-refractivity contribution in [3.8, 4) is 0 Å². The summed E-state index contributed by atoms with van der Waals surface area (Å²) in [6.45, 7) is 3.21. The Hall–Kier alpha value is -1.76. The number of aromatic nitrogens is 2. The molecule has 2 aliphatic heterocycles. The van der Waals surface area contributed by atoms with Crippen LogP contribution in [0.2, 0.25) is 0 Å². The van der Waals surface area contributed by atoms with Crippen molar-refractivity contribution in [1.82, 2.24) is 19.8 Å². The largest absolute Gasteiger partial charge is 0.384 e. The van der Waals surface area contributed by atoms with E-state index in [9.17, 15) is 4.79 Å². The van der Waals surface area contributed by atoms with Crippen LogP contribution < -0.4 is 10.6 Å². The minimum absolute atomic E-state index is 0. The molecule has 1 aromatic carbocycles. The Morgan fingerprint density at radius 3 is 2.88 bits per heavy atom. The van der Waals surface area contributed by atoms with Gasteiger partial charge < -0.3 is 20.1 Å². The van der Waals surface area contributed by atoms with Crippen molar-refractivity contribution in [2.75, 3.05) is 31.5 Å². The van der Waals surface area contributed by atoms with Gasteiger partial charge in [-0.2, -0.15) is 0 Å². The van der Waals surface area contributed by atoms with Crippen LogP contribution in [-0.4, -0.2) is 46.5 Å². The molecule has 136 valence electrons.